The number of rotatable bonds is 7. The van der Waals surface area contributed by atoms with Crippen molar-refractivity contribution in [3.8, 4) is 0 Å². The topological polar surface area (TPSA) is 6.48 Å². The largest absolute Gasteiger partial charge is 0.335 e. The van der Waals surface area contributed by atoms with Crippen molar-refractivity contribution in [2.24, 2.45) is 0 Å². The lowest BCUT2D eigenvalue weighted by molar-refractivity contribution is 0.248. The molecule has 0 spiro atoms. The summed E-state index contributed by atoms with van der Waals surface area (Å²) in [5, 5.41) is 7.71. The summed E-state index contributed by atoms with van der Waals surface area (Å²) in [6, 6.07) is 51.0. The minimum atomic E-state index is -0.252. The standard InChI is InChI=1S/C45H40N2/c1-45(2,37-20-4-3-5-21-37)47(44-25-13-19-35-16-9-11-23-42(35)44)39-30-28-38(29-31-39)46(40-27-26-33-14-6-7-17-36(33)32-40)43-24-12-18-34-15-8-10-22-41(34)43/h3-12,14-24,26-28,30-32,38H,13,25,29H2,1-2H3. The fourth-order valence-corrected chi connectivity index (χ4v) is 7.67. The van der Waals surface area contributed by atoms with E-state index in [1.54, 1.807) is 0 Å². The normalized spacial score (nSPS) is 16.0. The summed E-state index contributed by atoms with van der Waals surface area (Å²) >= 11 is 0. The molecule has 2 aliphatic rings. The van der Waals surface area contributed by atoms with Crippen molar-refractivity contribution in [1.29, 1.82) is 0 Å². The highest BCUT2D eigenvalue weighted by Gasteiger charge is 2.34. The number of fused-ring (bicyclic) bond motifs is 3. The van der Waals surface area contributed by atoms with E-state index < -0.39 is 0 Å². The van der Waals surface area contributed by atoms with E-state index in [-0.39, 0.29) is 11.6 Å². The van der Waals surface area contributed by atoms with Gasteiger partial charge in [-0.05, 0) is 84.3 Å². The van der Waals surface area contributed by atoms with Gasteiger partial charge in [-0.25, -0.2) is 0 Å². The fourth-order valence-electron chi connectivity index (χ4n) is 7.67. The van der Waals surface area contributed by atoms with E-state index in [2.05, 4.69) is 187 Å². The molecule has 2 nitrogen and oxygen atoms in total. The maximum atomic E-state index is 2.62. The Labute approximate surface area is 277 Å². The Morgan fingerprint density at radius 2 is 1.36 bits per heavy atom. The molecule has 0 aliphatic heterocycles. The third kappa shape index (κ3) is 5.34. The Hall–Kier alpha value is -5.34. The Morgan fingerprint density at radius 1 is 0.638 bits per heavy atom. The molecule has 0 saturated carbocycles. The Kier molecular flexibility index (Phi) is 7.50. The van der Waals surface area contributed by atoms with Gasteiger partial charge in [0.15, 0.2) is 0 Å². The van der Waals surface area contributed by atoms with E-state index in [1.807, 2.05) is 0 Å². The van der Waals surface area contributed by atoms with Crippen LogP contribution in [0.25, 0.3) is 33.3 Å². The summed E-state index contributed by atoms with van der Waals surface area (Å²) in [6.07, 6.45) is 12.6. The van der Waals surface area contributed by atoms with Crippen molar-refractivity contribution in [2.45, 2.75) is 44.7 Å². The summed E-state index contributed by atoms with van der Waals surface area (Å²) in [7, 11) is 0. The van der Waals surface area contributed by atoms with Crippen LogP contribution in [0.15, 0.2) is 163 Å². The molecular weight excluding hydrogens is 569 g/mol. The van der Waals surface area contributed by atoms with Crippen molar-refractivity contribution in [3.05, 3.63) is 179 Å². The lowest BCUT2D eigenvalue weighted by Crippen LogP contribution is -2.45. The molecule has 8 rings (SSSR count). The first-order valence-electron chi connectivity index (χ1n) is 16.9. The van der Waals surface area contributed by atoms with Gasteiger partial charge in [-0.3, -0.25) is 0 Å². The molecule has 0 aromatic heterocycles. The zero-order valence-corrected chi connectivity index (χ0v) is 27.2. The monoisotopic (exact) mass is 608 g/mol. The van der Waals surface area contributed by atoms with Crippen LogP contribution in [0.4, 0.5) is 11.4 Å². The molecule has 0 saturated heterocycles. The number of hydrogen-bond donors (Lipinski definition) is 0. The van der Waals surface area contributed by atoms with Crippen LogP contribution in [0.5, 0.6) is 0 Å². The average molecular weight is 609 g/mol. The highest BCUT2D eigenvalue weighted by Crippen LogP contribution is 2.41. The first-order chi connectivity index (χ1) is 23.1. The SMILES string of the molecule is CC(C)(c1ccccc1)N(C1=CCC(N(c2ccc3ccccc3c2)c2cccc3ccccc23)C=C1)C1=c2ccccc2=CCC1. The quantitative estimate of drug-likeness (QED) is 0.178. The van der Waals surface area contributed by atoms with Gasteiger partial charge >= 0.3 is 0 Å². The van der Waals surface area contributed by atoms with E-state index >= 15 is 0 Å². The molecule has 0 amide bonds. The van der Waals surface area contributed by atoms with E-state index in [1.165, 1.54) is 60.3 Å². The van der Waals surface area contributed by atoms with Gasteiger partial charge in [-0.15, -0.1) is 0 Å². The summed E-state index contributed by atoms with van der Waals surface area (Å²) in [5.41, 5.74) is 6.16. The van der Waals surface area contributed by atoms with E-state index in [0.717, 1.165) is 19.3 Å². The summed E-state index contributed by atoms with van der Waals surface area (Å²) in [6.45, 7) is 4.74. The summed E-state index contributed by atoms with van der Waals surface area (Å²) in [5.74, 6) is 0. The number of allylic oxidation sites excluding steroid dienone is 1. The molecule has 6 aromatic carbocycles. The molecular formula is C45H40N2. The van der Waals surface area contributed by atoms with Gasteiger partial charge < -0.3 is 9.80 Å². The molecule has 0 bridgehead atoms. The number of benzene rings is 6. The van der Waals surface area contributed by atoms with Crippen molar-refractivity contribution in [2.75, 3.05) is 4.90 Å². The molecule has 0 N–H and O–H groups in total. The van der Waals surface area contributed by atoms with Gasteiger partial charge in [0, 0.05) is 33.4 Å². The smallest absolute Gasteiger partial charge is 0.0643 e. The Bertz CT molecular complexity index is 2270. The molecule has 0 heterocycles. The average Bonchev–Trinajstić information content (AvgIpc) is 3.13. The predicted octanol–water partition coefficient (Wildman–Crippen LogP) is 9.96. The van der Waals surface area contributed by atoms with E-state index in [4.69, 9.17) is 0 Å². The van der Waals surface area contributed by atoms with Crippen LogP contribution in [0.3, 0.4) is 0 Å². The highest BCUT2D eigenvalue weighted by atomic mass is 15.2. The minimum absolute atomic E-state index is 0.157. The first-order valence-corrected chi connectivity index (χ1v) is 16.9. The van der Waals surface area contributed by atoms with Crippen LogP contribution in [-0.4, -0.2) is 10.9 Å². The minimum Gasteiger partial charge on any atom is -0.335 e. The third-order valence-electron chi connectivity index (χ3n) is 10.0. The highest BCUT2D eigenvalue weighted by molar-refractivity contribution is 5.97. The Balaban J connectivity index is 1.25. The maximum absolute atomic E-state index is 2.62. The van der Waals surface area contributed by atoms with Gasteiger partial charge in [-0.2, -0.15) is 0 Å². The molecule has 2 heteroatoms. The van der Waals surface area contributed by atoms with Crippen LogP contribution in [0.2, 0.25) is 0 Å². The van der Waals surface area contributed by atoms with Crippen LogP contribution < -0.4 is 15.3 Å². The van der Waals surface area contributed by atoms with Gasteiger partial charge in [0.25, 0.3) is 0 Å². The second-order valence-corrected chi connectivity index (χ2v) is 13.2. The van der Waals surface area contributed by atoms with Gasteiger partial charge in [0.2, 0.25) is 0 Å². The molecule has 6 aromatic rings. The number of anilines is 2. The van der Waals surface area contributed by atoms with Gasteiger partial charge in [-0.1, -0.05) is 140 Å². The van der Waals surface area contributed by atoms with Crippen molar-refractivity contribution >= 4 is 44.7 Å². The fraction of sp³-hybridized carbons (Fsp3) is 0.156. The lowest BCUT2D eigenvalue weighted by Gasteiger charge is -2.45. The zero-order valence-electron chi connectivity index (χ0n) is 27.2. The van der Waals surface area contributed by atoms with Crippen LogP contribution in [0.1, 0.15) is 38.7 Å². The molecule has 47 heavy (non-hydrogen) atoms. The number of hydrogen-bond acceptors (Lipinski definition) is 2. The lowest BCUT2D eigenvalue weighted by atomic mass is 9.88. The predicted molar refractivity (Wildman–Crippen MR) is 200 cm³/mol. The van der Waals surface area contributed by atoms with Gasteiger partial charge in [0.05, 0.1) is 11.6 Å². The zero-order chi connectivity index (χ0) is 31.8. The molecule has 2 aliphatic carbocycles. The van der Waals surface area contributed by atoms with Crippen molar-refractivity contribution in [3.63, 3.8) is 0 Å². The third-order valence-corrected chi connectivity index (χ3v) is 10.0. The molecule has 0 fully saturated rings. The number of nitrogens with zero attached hydrogens (tertiary/aromatic N) is 2. The molecule has 230 valence electrons. The molecule has 1 atom stereocenters. The molecule has 0 radical (unpaired) electrons. The van der Waals surface area contributed by atoms with Crippen LogP contribution >= 0.6 is 0 Å². The van der Waals surface area contributed by atoms with Crippen LogP contribution in [0, 0.1) is 0 Å². The van der Waals surface area contributed by atoms with Crippen molar-refractivity contribution in [1.82, 2.24) is 4.90 Å². The first kappa shape index (κ1) is 29.1. The Morgan fingerprint density at radius 3 is 2.19 bits per heavy atom. The van der Waals surface area contributed by atoms with Crippen LogP contribution in [-0.2, 0) is 5.54 Å². The van der Waals surface area contributed by atoms with Gasteiger partial charge in [0.1, 0.15) is 0 Å². The van der Waals surface area contributed by atoms with E-state index in [0.29, 0.717) is 0 Å². The molecule has 1 unspecified atom stereocenters. The maximum Gasteiger partial charge on any atom is 0.0643 e. The summed E-state index contributed by atoms with van der Waals surface area (Å²) < 4.78 is 0. The van der Waals surface area contributed by atoms with E-state index in [9.17, 15) is 0 Å². The second kappa shape index (κ2) is 12.1. The summed E-state index contributed by atoms with van der Waals surface area (Å²) in [4.78, 5) is 5.17. The second-order valence-electron chi connectivity index (χ2n) is 13.2. The van der Waals surface area contributed by atoms with Crippen molar-refractivity contribution < 1.29 is 0 Å².